The van der Waals surface area contributed by atoms with E-state index in [9.17, 15) is 4.39 Å². The molecular weight excluding hydrogens is 303 g/mol. The average molecular weight is 321 g/mol. The zero-order valence-electron chi connectivity index (χ0n) is 12.2. The molecule has 1 unspecified atom stereocenters. The van der Waals surface area contributed by atoms with E-state index in [0.29, 0.717) is 6.54 Å². The smallest absolute Gasteiger partial charge is 0.123 e. The van der Waals surface area contributed by atoms with Crippen LogP contribution >= 0.6 is 12.4 Å². The third-order valence-electron chi connectivity index (χ3n) is 3.81. The van der Waals surface area contributed by atoms with E-state index in [1.165, 1.54) is 6.07 Å². The number of nitrogens with two attached hydrogens (primary N) is 1. The number of fused-ring (bicyclic) bond motifs is 1. The van der Waals surface area contributed by atoms with E-state index in [4.69, 9.17) is 10.5 Å². The van der Waals surface area contributed by atoms with Gasteiger partial charge in [0.1, 0.15) is 11.6 Å². The molecule has 0 aliphatic carbocycles. The second kappa shape index (κ2) is 6.81. The Labute approximate surface area is 134 Å². The van der Waals surface area contributed by atoms with Crippen molar-refractivity contribution in [3.63, 3.8) is 0 Å². The molecule has 0 fully saturated rings. The second-order valence-corrected chi connectivity index (χ2v) is 5.00. The molecule has 0 saturated carbocycles. The molecule has 0 amide bonds. The minimum Gasteiger partial charge on any atom is -0.497 e. The minimum atomic E-state index is -0.242. The van der Waals surface area contributed by atoms with Crippen molar-refractivity contribution in [1.82, 2.24) is 4.98 Å². The van der Waals surface area contributed by atoms with Crippen molar-refractivity contribution in [1.29, 1.82) is 0 Å². The predicted octanol–water partition coefficient (Wildman–Crippen LogP) is 3.83. The quantitative estimate of drug-likeness (QED) is 0.767. The van der Waals surface area contributed by atoms with Gasteiger partial charge < -0.3 is 15.5 Å². The molecule has 0 bridgehead atoms. The highest BCUT2D eigenvalue weighted by atomic mass is 35.5. The number of hydrogen-bond acceptors (Lipinski definition) is 2. The fraction of sp³-hybridized carbons (Fsp3) is 0.176. The van der Waals surface area contributed by atoms with Crippen molar-refractivity contribution in [2.75, 3.05) is 13.7 Å². The van der Waals surface area contributed by atoms with Crippen LogP contribution in [-0.2, 0) is 0 Å². The fourth-order valence-electron chi connectivity index (χ4n) is 2.68. The van der Waals surface area contributed by atoms with Gasteiger partial charge in [-0.1, -0.05) is 12.1 Å². The third kappa shape index (κ3) is 2.93. The van der Waals surface area contributed by atoms with E-state index >= 15 is 0 Å². The summed E-state index contributed by atoms with van der Waals surface area (Å²) in [4.78, 5) is 3.18. The van der Waals surface area contributed by atoms with E-state index in [2.05, 4.69) is 4.98 Å². The number of aromatic amines is 1. The molecule has 3 rings (SSSR count). The number of nitrogens with one attached hydrogen (secondary N) is 1. The molecule has 1 heterocycles. The Morgan fingerprint density at radius 3 is 2.55 bits per heavy atom. The van der Waals surface area contributed by atoms with E-state index in [1.54, 1.807) is 19.2 Å². The summed E-state index contributed by atoms with van der Waals surface area (Å²) in [6.45, 7) is 0.454. The van der Waals surface area contributed by atoms with Gasteiger partial charge in [0.15, 0.2) is 0 Å². The highest BCUT2D eigenvalue weighted by molar-refractivity contribution is 5.85. The molecule has 0 spiro atoms. The van der Waals surface area contributed by atoms with Crippen LogP contribution in [0.2, 0.25) is 0 Å². The van der Waals surface area contributed by atoms with Crippen LogP contribution in [0.1, 0.15) is 17.0 Å². The van der Waals surface area contributed by atoms with Crippen molar-refractivity contribution < 1.29 is 9.13 Å². The van der Waals surface area contributed by atoms with E-state index in [1.807, 2.05) is 30.5 Å². The largest absolute Gasteiger partial charge is 0.497 e. The molecule has 3 aromatic rings. The van der Waals surface area contributed by atoms with E-state index in [-0.39, 0.29) is 24.1 Å². The first-order valence-electron chi connectivity index (χ1n) is 6.83. The zero-order chi connectivity index (χ0) is 14.8. The van der Waals surface area contributed by atoms with Crippen LogP contribution in [-0.4, -0.2) is 18.6 Å². The van der Waals surface area contributed by atoms with Crippen LogP contribution in [0.15, 0.2) is 48.7 Å². The van der Waals surface area contributed by atoms with Crippen LogP contribution < -0.4 is 10.5 Å². The Balaban J connectivity index is 0.00000176. The summed E-state index contributed by atoms with van der Waals surface area (Å²) in [5.41, 5.74) is 8.97. The molecule has 3 nitrogen and oxygen atoms in total. The van der Waals surface area contributed by atoms with Crippen LogP contribution in [0.4, 0.5) is 4.39 Å². The lowest BCUT2D eigenvalue weighted by molar-refractivity contribution is 0.414. The first-order valence-corrected chi connectivity index (χ1v) is 6.83. The number of ether oxygens (including phenoxy) is 1. The molecule has 3 N–H and O–H groups in total. The fourth-order valence-corrected chi connectivity index (χ4v) is 2.68. The number of halogens is 2. The lowest BCUT2D eigenvalue weighted by atomic mass is 9.91. The molecule has 5 heteroatoms. The highest BCUT2D eigenvalue weighted by Crippen LogP contribution is 2.31. The molecule has 0 radical (unpaired) electrons. The van der Waals surface area contributed by atoms with Crippen LogP contribution in [0.5, 0.6) is 5.75 Å². The summed E-state index contributed by atoms with van der Waals surface area (Å²) in [7, 11) is 1.64. The normalized spacial score (nSPS) is 12.0. The predicted molar refractivity (Wildman–Crippen MR) is 89.4 cm³/mol. The number of rotatable bonds is 4. The van der Waals surface area contributed by atoms with Gasteiger partial charge in [-0.15, -0.1) is 12.4 Å². The van der Waals surface area contributed by atoms with Crippen LogP contribution in [0.3, 0.4) is 0 Å². The van der Waals surface area contributed by atoms with Gasteiger partial charge in [-0.3, -0.25) is 0 Å². The van der Waals surface area contributed by atoms with Crippen LogP contribution in [0.25, 0.3) is 10.9 Å². The summed E-state index contributed by atoms with van der Waals surface area (Å²) in [5, 5.41) is 0.876. The van der Waals surface area contributed by atoms with E-state index in [0.717, 1.165) is 27.8 Å². The SMILES string of the molecule is COc1ccc(C(CN)c2c[nH]c3ccc(F)cc23)cc1.Cl. The van der Waals surface area contributed by atoms with Crippen molar-refractivity contribution in [2.24, 2.45) is 5.73 Å². The van der Waals surface area contributed by atoms with Gasteiger partial charge in [0, 0.05) is 29.6 Å². The van der Waals surface area contributed by atoms with Gasteiger partial charge in [0.2, 0.25) is 0 Å². The Morgan fingerprint density at radius 2 is 1.91 bits per heavy atom. The average Bonchev–Trinajstić information content (AvgIpc) is 2.92. The Kier molecular flexibility index (Phi) is 5.06. The lowest BCUT2D eigenvalue weighted by Gasteiger charge is -2.15. The Bertz CT molecular complexity index is 755. The third-order valence-corrected chi connectivity index (χ3v) is 3.81. The number of methoxy groups -OCH3 is 1. The number of H-pyrrole nitrogens is 1. The Morgan fingerprint density at radius 1 is 1.18 bits per heavy atom. The second-order valence-electron chi connectivity index (χ2n) is 5.00. The van der Waals surface area contributed by atoms with Crippen molar-refractivity contribution in [2.45, 2.75) is 5.92 Å². The summed E-state index contributed by atoms with van der Waals surface area (Å²) in [6, 6.07) is 12.6. The van der Waals surface area contributed by atoms with Gasteiger partial charge in [-0.2, -0.15) is 0 Å². The molecular formula is C17H18ClFN2O. The zero-order valence-corrected chi connectivity index (χ0v) is 13.0. The summed E-state index contributed by atoms with van der Waals surface area (Å²) in [5.74, 6) is 0.583. The van der Waals surface area contributed by atoms with E-state index < -0.39 is 0 Å². The maximum atomic E-state index is 13.5. The molecule has 116 valence electrons. The first kappa shape index (κ1) is 16.3. The van der Waals surface area contributed by atoms with Gasteiger partial charge in [0.25, 0.3) is 0 Å². The molecule has 0 aliphatic rings. The van der Waals surface area contributed by atoms with Crippen molar-refractivity contribution >= 4 is 23.3 Å². The standard InChI is InChI=1S/C17H17FN2O.ClH/c1-21-13-5-2-11(3-6-13)15(9-19)16-10-20-17-7-4-12(18)8-14(16)17;/h2-8,10,15,20H,9,19H2,1H3;1H. The molecule has 1 aromatic heterocycles. The number of aromatic nitrogens is 1. The number of benzene rings is 2. The van der Waals surface area contributed by atoms with Crippen LogP contribution in [0, 0.1) is 5.82 Å². The first-order chi connectivity index (χ1) is 10.2. The monoisotopic (exact) mass is 320 g/mol. The maximum Gasteiger partial charge on any atom is 0.123 e. The van der Waals surface area contributed by atoms with Gasteiger partial charge in [-0.25, -0.2) is 4.39 Å². The molecule has 22 heavy (non-hydrogen) atoms. The summed E-state index contributed by atoms with van der Waals surface area (Å²) < 4.78 is 18.7. The minimum absolute atomic E-state index is 0. The summed E-state index contributed by atoms with van der Waals surface area (Å²) >= 11 is 0. The topological polar surface area (TPSA) is 51.0 Å². The maximum absolute atomic E-state index is 13.5. The van der Waals surface area contributed by atoms with Gasteiger partial charge >= 0.3 is 0 Å². The molecule has 0 saturated heterocycles. The highest BCUT2D eigenvalue weighted by Gasteiger charge is 2.17. The number of hydrogen-bond donors (Lipinski definition) is 2. The van der Waals surface area contributed by atoms with Crippen molar-refractivity contribution in [3.05, 3.63) is 65.6 Å². The molecule has 2 aromatic carbocycles. The van der Waals surface area contributed by atoms with Gasteiger partial charge in [0.05, 0.1) is 7.11 Å². The lowest BCUT2D eigenvalue weighted by Crippen LogP contribution is -2.13. The molecule has 0 aliphatic heterocycles. The summed E-state index contributed by atoms with van der Waals surface area (Å²) in [6.07, 6.45) is 1.91. The molecule has 1 atom stereocenters. The van der Waals surface area contributed by atoms with Gasteiger partial charge in [-0.05, 0) is 41.5 Å². The Hall–Kier alpha value is -2.04. The van der Waals surface area contributed by atoms with Crippen molar-refractivity contribution in [3.8, 4) is 5.75 Å².